The van der Waals surface area contributed by atoms with Gasteiger partial charge in [-0.05, 0) is 31.8 Å². The van der Waals surface area contributed by atoms with E-state index in [1.165, 1.54) is 12.1 Å². The Labute approximate surface area is 108 Å². The third kappa shape index (κ3) is 3.40. The van der Waals surface area contributed by atoms with Gasteiger partial charge in [-0.2, -0.15) is 0 Å². The van der Waals surface area contributed by atoms with Crippen LogP contribution in [0.1, 0.15) is 11.6 Å². The van der Waals surface area contributed by atoms with Crippen molar-refractivity contribution in [3.05, 3.63) is 48.3 Å². The van der Waals surface area contributed by atoms with Crippen molar-refractivity contribution in [1.29, 1.82) is 0 Å². The molecule has 0 heterocycles. The minimum absolute atomic E-state index is 0.0782. The second-order valence-electron chi connectivity index (χ2n) is 4.43. The summed E-state index contributed by atoms with van der Waals surface area (Å²) in [5.74, 6) is -0.413. The molecule has 1 rings (SSSR count). The summed E-state index contributed by atoms with van der Waals surface area (Å²) >= 11 is 0. The summed E-state index contributed by atoms with van der Waals surface area (Å²) in [5, 5.41) is 0. The van der Waals surface area contributed by atoms with Gasteiger partial charge in [0.05, 0.1) is 0 Å². The van der Waals surface area contributed by atoms with Gasteiger partial charge in [0.15, 0.2) is 0 Å². The second kappa shape index (κ2) is 6.31. The van der Waals surface area contributed by atoms with Crippen molar-refractivity contribution < 1.29 is 9.18 Å². The average Bonchev–Trinajstić information content (AvgIpc) is 2.29. The minimum atomic E-state index is -0.481. The first kappa shape index (κ1) is 14.4. The summed E-state index contributed by atoms with van der Waals surface area (Å²) < 4.78 is 13.2. The van der Waals surface area contributed by atoms with E-state index in [2.05, 4.69) is 6.58 Å². The number of hydrogen-bond donors (Lipinski definition) is 0. The Morgan fingerprint density at radius 1 is 1.44 bits per heavy atom. The van der Waals surface area contributed by atoms with E-state index in [9.17, 15) is 9.18 Å². The zero-order chi connectivity index (χ0) is 13.7. The monoisotopic (exact) mass is 250 g/mol. The molecule has 1 aromatic rings. The molecule has 1 amide bonds. The van der Waals surface area contributed by atoms with Crippen molar-refractivity contribution >= 4 is 5.91 Å². The molecule has 0 fully saturated rings. The molecule has 1 aromatic carbocycles. The van der Waals surface area contributed by atoms with Crippen molar-refractivity contribution in [1.82, 2.24) is 9.80 Å². The highest BCUT2D eigenvalue weighted by atomic mass is 19.1. The highest BCUT2D eigenvalue weighted by Crippen LogP contribution is 2.21. The van der Waals surface area contributed by atoms with Crippen LogP contribution in [0.25, 0.3) is 0 Å². The van der Waals surface area contributed by atoms with Gasteiger partial charge in [-0.15, -0.1) is 6.58 Å². The molecule has 0 aliphatic heterocycles. The Morgan fingerprint density at radius 2 is 2.11 bits per heavy atom. The maximum Gasteiger partial charge on any atom is 0.244 e. The van der Waals surface area contributed by atoms with E-state index < -0.39 is 6.04 Å². The molecule has 18 heavy (non-hydrogen) atoms. The van der Waals surface area contributed by atoms with E-state index >= 15 is 0 Å². The number of likely N-dealkylation sites (N-methyl/N-ethyl adjacent to an activating group) is 2. The molecule has 0 radical (unpaired) electrons. The molecule has 0 unspecified atom stereocenters. The van der Waals surface area contributed by atoms with Crippen LogP contribution in [0.4, 0.5) is 4.39 Å². The van der Waals surface area contributed by atoms with Gasteiger partial charge in [0.25, 0.3) is 0 Å². The number of amides is 1. The Kier molecular flexibility index (Phi) is 5.04. The summed E-state index contributed by atoms with van der Waals surface area (Å²) in [5.41, 5.74) is 0.654. The van der Waals surface area contributed by atoms with E-state index in [0.29, 0.717) is 12.1 Å². The molecule has 98 valence electrons. The highest BCUT2D eigenvalue weighted by molar-refractivity contribution is 5.83. The van der Waals surface area contributed by atoms with Crippen LogP contribution in [0.15, 0.2) is 36.9 Å². The lowest BCUT2D eigenvalue weighted by Crippen LogP contribution is -2.38. The first-order valence-corrected chi connectivity index (χ1v) is 5.75. The molecular weight excluding hydrogens is 231 g/mol. The summed E-state index contributed by atoms with van der Waals surface area (Å²) in [6.45, 7) is 4.08. The molecule has 0 aliphatic carbocycles. The van der Waals surface area contributed by atoms with Gasteiger partial charge in [-0.1, -0.05) is 18.2 Å². The van der Waals surface area contributed by atoms with Gasteiger partial charge < -0.3 is 4.90 Å². The fourth-order valence-corrected chi connectivity index (χ4v) is 1.83. The normalized spacial score (nSPS) is 12.3. The number of hydrogen-bond acceptors (Lipinski definition) is 2. The van der Waals surface area contributed by atoms with Crippen LogP contribution in [0.5, 0.6) is 0 Å². The van der Waals surface area contributed by atoms with Gasteiger partial charge in [-0.3, -0.25) is 9.69 Å². The minimum Gasteiger partial charge on any atom is -0.340 e. The fourth-order valence-electron chi connectivity index (χ4n) is 1.83. The molecular formula is C14H19FN2O. The molecule has 4 heteroatoms. The van der Waals surface area contributed by atoms with Gasteiger partial charge >= 0.3 is 0 Å². The number of nitrogens with zero attached hydrogens (tertiary/aromatic N) is 2. The largest absolute Gasteiger partial charge is 0.340 e. The van der Waals surface area contributed by atoms with Crippen LogP contribution in [-0.4, -0.2) is 43.4 Å². The molecule has 0 spiro atoms. The van der Waals surface area contributed by atoms with Gasteiger partial charge in [0.2, 0.25) is 5.91 Å². The maximum absolute atomic E-state index is 13.2. The van der Waals surface area contributed by atoms with E-state index in [1.807, 2.05) is 0 Å². The molecule has 0 saturated heterocycles. The van der Waals surface area contributed by atoms with Crippen molar-refractivity contribution in [3.63, 3.8) is 0 Å². The highest BCUT2D eigenvalue weighted by Gasteiger charge is 2.25. The summed E-state index contributed by atoms with van der Waals surface area (Å²) in [4.78, 5) is 15.6. The van der Waals surface area contributed by atoms with E-state index in [4.69, 9.17) is 0 Å². The number of benzene rings is 1. The quantitative estimate of drug-likeness (QED) is 0.747. The third-order valence-corrected chi connectivity index (χ3v) is 2.69. The lowest BCUT2D eigenvalue weighted by atomic mass is 10.0. The van der Waals surface area contributed by atoms with Gasteiger partial charge in [-0.25, -0.2) is 4.39 Å². The van der Waals surface area contributed by atoms with Crippen LogP contribution in [0.3, 0.4) is 0 Å². The van der Waals surface area contributed by atoms with Crippen molar-refractivity contribution in [2.75, 3.05) is 27.7 Å². The van der Waals surface area contributed by atoms with Crippen LogP contribution in [0.2, 0.25) is 0 Å². The Balaban J connectivity index is 3.03. The number of carbonyl (C=O) groups is 1. The van der Waals surface area contributed by atoms with Crippen molar-refractivity contribution in [2.45, 2.75) is 6.04 Å². The predicted molar refractivity (Wildman–Crippen MR) is 70.7 cm³/mol. The standard InChI is InChI=1S/C14H19FN2O/c1-5-9-17(4)14(18)13(16(2)3)11-7-6-8-12(15)10-11/h5-8,10,13H,1,9H2,2-4H3/t13-/m0/s1. The Morgan fingerprint density at radius 3 is 2.61 bits per heavy atom. The van der Waals surface area contributed by atoms with Crippen molar-refractivity contribution in [3.8, 4) is 0 Å². The fraction of sp³-hybridized carbons (Fsp3) is 0.357. The van der Waals surface area contributed by atoms with E-state index in [0.717, 1.165) is 0 Å². The van der Waals surface area contributed by atoms with Crippen molar-refractivity contribution in [2.24, 2.45) is 0 Å². The molecule has 0 aromatic heterocycles. The maximum atomic E-state index is 13.2. The van der Waals surface area contributed by atoms with E-state index in [-0.39, 0.29) is 11.7 Å². The lowest BCUT2D eigenvalue weighted by Gasteiger charge is -2.28. The van der Waals surface area contributed by atoms with Crippen LogP contribution in [0, 0.1) is 5.82 Å². The zero-order valence-corrected chi connectivity index (χ0v) is 11.1. The molecule has 3 nitrogen and oxygen atoms in total. The zero-order valence-electron chi connectivity index (χ0n) is 11.1. The molecule has 0 saturated carbocycles. The van der Waals surface area contributed by atoms with Gasteiger partial charge in [0, 0.05) is 13.6 Å². The molecule has 1 atom stereocenters. The number of rotatable bonds is 5. The smallest absolute Gasteiger partial charge is 0.244 e. The Hall–Kier alpha value is -1.68. The summed E-state index contributed by atoms with van der Waals surface area (Å²) in [6, 6.07) is 5.65. The van der Waals surface area contributed by atoms with Gasteiger partial charge in [0.1, 0.15) is 11.9 Å². The molecule has 0 N–H and O–H groups in total. The second-order valence-corrected chi connectivity index (χ2v) is 4.43. The first-order valence-electron chi connectivity index (χ1n) is 5.75. The summed E-state index contributed by atoms with van der Waals surface area (Å²) in [7, 11) is 5.31. The average molecular weight is 250 g/mol. The lowest BCUT2D eigenvalue weighted by molar-refractivity contribution is -0.134. The first-order chi connectivity index (χ1) is 8.47. The Bertz CT molecular complexity index is 432. The van der Waals surface area contributed by atoms with Crippen LogP contribution < -0.4 is 0 Å². The molecule has 0 bridgehead atoms. The number of carbonyl (C=O) groups excluding carboxylic acids is 1. The van der Waals surface area contributed by atoms with E-state index in [1.54, 1.807) is 49.2 Å². The van der Waals surface area contributed by atoms with Crippen LogP contribution in [-0.2, 0) is 4.79 Å². The summed E-state index contributed by atoms with van der Waals surface area (Å²) in [6.07, 6.45) is 1.66. The topological polar surface area (TPSA) is 23.6 Å². The predicted octanol–water partition coefficient (Wildman–Crippen LogP) is 2.07. The molecule has 0 aliphatic rings. The SMILES string of the molecule is C=CCN(C)C(=O)[C@H](c1cccc(F)c1)N(C)C. The third-order valence-electron chi connectivity index (χ3n) is 2.69. The van der Waals surface area contributed by atoms with Crippen LogP contribution >= 0.6 is 0 Å². The number of halogens is 1.